The first kappa shape index (κ1) is 17.9. The van der Waals surface area contributed by atoms with E-state index in [1.165, 1.54) is 5.56 Å². The van der Waals surface area contributed by atoms with Gasteiger partial charge in [0.1, 0.15) is 0 Å². The zero-order valence-electron chi connectivity index (χ0n) is 15.4. The van der Waals surface area contributed by atoms with Crippen LogP contribution in [0, 0.1) is 20.8 Å². The van der Waals surface area contributed by atoms with Crippen LogP contribution in [0.4, 0.5) is 0 Å². The third-order valence-electron chi connectivity index (χ3n) is 4.35. The van der Waals surface area contributed by atoms with Gasteiger partial charge in [-0.25, -0.2) is 9.97 Å². The molecule has 2 aromatic heterocycles. The molecular formula is C21H19N3OS2. The molecule has 2 aromatic carbocycles. The fourth-order valence-corrected chi connectivity index (χ4v) is 4.71. The molecule has 0 bridgehead atoms. The summed E-state index contributed by atoms with van der Waals surface area (Å²) in [5, 5.41) is 4.43. The van der Waals surface area contributed by atoms with Crippen molar-refractivity contribution < 1.29 is 0 Å². The van der Waals surface area contributed by atoms with Crippen molar-refractivity contribution >= 4 is 34.0 Å². The van der Waals surface area contributed by atoms with Crippen LogP contribution >= 0.6 is 23.1 Å². The topological polar surface area (TPSA) is 47.8 Å². The van der Waals surface area contributed by atoms with Crippen LogP contribution in [0.1, 0.15) is 21.8 Å². The highest BCUT2D eigenvalue weighted by atomic mass is 32.2. The van der Waals surface area contributed by atoms with Gasteiger partial charge < -0.3 is 0 Å². The van der Waals surface area contributed by atoms with E-state index >= 15 is 0 Å². The van der Waals surface area contributed by atoms with Gasteiger partial charge in [-0.3, -0.25) is 9.36 Å². The van der Waals surface area contributed by atoms with E-state index in [1.54, 1.807) is 27.7 Å². The van der Waals surface area contributed by atoms with Crippen LogP contribution in [-0.2, 0) is 5.75 Å². The predicted octanol–water partition coefficient (Wildman–Crippen LogP) is 5.06. The molecule has 0 fully saturated rings. The molecule has 136 valence electrons. The molecule has 0 amide bonds. The summed E-state index contributed by atoms with van der Waals surface area (Å²) >= 11 is 3.18. The van der Waals surface area contributed by atoms with E-state index in [2.05, 4.69) is 23.4 Å². The summed E-state index contributed by atoms with van der Waals surface area (Å²) in [5.74, 6) is 0.681. The molecule has 0 radical (unpaired) electrons. The van der Waals surface area contributed by atoms with Gasteiger partial charge in [0, 0.05) is 11.1 Å². The van der Waals surface area contributed by atoms with Crippen molar-refractivity contribution in [1.82, 2.24) is 14.5 Å². The molecule has 4 nitrogen and oxygen atoms in total. The zero-order chi connectivity index (χ0) is 19.0. The molecular weight excluding hydrogens is 374 g/mol. The number of aromatic nitrogens is 3. The van der Waals surface area contributed by atoms with E-state index in [9.17, 15) is 4.79 Å². The van der Waals surface area contributed by atoms with Crippen LogP contribution in [0.3, 0.4) is 0 Å². The zero-order valence-corrected chi connectivity index (χ0v) is 17.0. The van der Waals surface area contributed by atoms with Crippen LogP contribution in [0.25, 0.3) is 16.6 Å². The van der Waals surface area contributed by atoms with E-state index in [4.69, 9.17) is 4.98 Å². The minimum atomic E-state index is -0.0375. The number of para-hydroxylation sites is 1. The molecule has 0 unspecified atom stereocenters. The maximum atomic E-state index is 13.3. The minimum absolute atomic E-state index is 0.0375. The Hall–Kier alpha value is -2.44. The lowest BCUT2D eigenvalue weighted by Crippen LogP contribution is -2.22. The van der Waals surface area contributed by atoms with E-state index in [1.807, 2.05) is 50.2 Å². The quantitative estimate of drug-likeness (QED) is 0.359. The van der Waals surface area contributed by atoms with E-state index in [0.29, 0.717) is 16.3 Å². The number of thiazole rings is 1. The largest absolute Gasteiger partial charge is 0.268 e. The van der Waals surface area contributed by atoms with Gasteiger partial charge in [-0.2, -0.15) is 0 Å². The standard InChI is InChI=1S/C21H19N3OS2/c1-13-8-9-19(14(2)10-13)24-20(25)17-6-4-5-7-18(17)23-21(24)27-12-16-11-26-15(3)22-16/h4-11H,12H2,1-3H3. The highest BCUT2D eigenvalue weighted by Crippen LogP contribution is 2.26. The van der Waals surface area contributed by atoms with Crippen LogP contribution < -0.4 is 5.56 Å². The van der Waals surface area contributed by atoms with Crippen LogP contribution in [0.15, 0.2) is 57.8 Å². The van der Waals surface area contributed by atoms with Gasteiger partial charge in [-0.1, -0.05) is 41.6 Å². The molecule has 0 saturated carbocycles. The highest BCUT2D eigenvalue weighted by molar-refractivity contribution is 7.98. The summed E-state index contributed by atoms with van der Waals surface area (Å²) in [6, 6.07) is 13.6. The molecule has 4 aromatic rings. The Labute approximate surface area is 165 Å². The number of hydrogen-bond donors (Lipinski definition) is 0. The predicted molar refractivity (Wildman–Crippen MR) is 113 cm³/mol. The molecule has 0 spiro atoms. The molecule has 0 aliphatic rings. The number of nitrogens with zero attached hydrogens (tertiary/aromatic N) is 3. The van der Waals surface area contributed by atoms with Crippen LogP contribution in [0.2, 0.25) is 0 Å². The average molecular weight is 394 g/mol. The first-order chi connectivity index (χ1) is 13.0. The Morgan fingerprint density at radius 3 is 2.63 bits per heavy atom. The third-order valence-corrected chi connectivity index (χ3v) is 6.15. The monoisotopic (exact) mass is 393 g/mol. The molecule has 0 aliphatic heterocycles. The number of thioether (sulfide) groups is 1. The van der Waals surface area contributed by atoms with Crippen molar-refractivity contribution in [2.24, 2.45) is 0 Å². The maximum absolute atomic E-state index is 13.3. The smallest absolute Gasteiger partial charge is 0.266 e. The van der Waals surface area contributed by atoms with Crippen molar-refractivity contribution in [1.29, 1.82) is 0 Å². The van der Waals surface area contributed by atoms with Gasteiger partial charge in [0.15, 0.2) is 5.16 Å². The lowest BCUT2D eigenvalue weighted by molar-refractivity contribution is 0.813. The molecule has 2 heterocycles. The van der Waals surface area contributed by atoms with Crippen molar-refractivity contribution in [2.45, 2.75) is 31.7 Å². The Morgan fingerprint density at radius 1 is 1.07 bits per heavy atom. The van der Waals surface area contributed by atoms with Crippen LogP contribution in [0.5, 0.6) is 0 Å². The second-order valence-electron chi connectivity index (χ2n) is 6.49. The average Bonchev–Trinajstić information content (AvgIpc) is 3.06. The lowest BCUT2D eigenvalue weighted by atomic mass is 10.1. The molecule has 27 heavy (non-hydrogen) atoms. The van der Waals surface area contributed by atoms with Gasteiger partial charge in [-0.15, -0.1) is 11.3 Å². The van der Waals surface area contributed by atoms with Gasteiger partial charge in [-0.05, 0) is 44.5 Å². The van der Waals surface area contributed by atoms with E-state index in [-0.39, 0.29) is 5.56 Å². The minimum Gasteiger partial charge on any atom is -0.268 e. The van der Waals surface area contributed by atoms with E-state index < -0.39 is 0 Å². The van der Waals surface area contributed by atoms with Crippen LogP contribution in [-0.4, -0.2) is 14.5 Å². The Bertz CT molecular complexity index is 1190. The number of benzene rings is 2. The fourth-order valence-electron chi connectivity index (χ4n) is 3.09. The molecule has 0 atom stereocenters. The first-order valence-electron chi connectivity index (χ1n) is 8.66. The van der Waals surface area contributed by atoms with Gasteiger partial charge in [0.2, 0.25) is 0 Å². The highest BCUT2D eigenvalue weighted by Gasteiger charge is 2.15. The fraction of sp³-hybridized carbons (Fsp3) is 0.190. The number of fused-ring (bicyclic) bond motifs is 1. The molecule has 0 saturated heterocycles. The number of aryl methyl sites for hydroxylation is 3. The van der Waals surface area contributed by atoms with Crippen molar-refractivity contribution in [3.63, 3.8) is 0 Å². The van der Waals surface area contributed by atoms with Gasteiger partial charge >= 0.3 is 0 Å². The summed E-state index contributed by atoms with van der Waals surface area (Å²) in [4.78, 5) is 22.6. The normalized spacial score (nSPS) is 11.2. The van der Waals surface area contributed by atoms with Gasteiger partial charge in [0.25, 0.3) is 5.56 Å². The first-order valence-corrected chi connectivity index (χ1v) is 10.5. The summed E-state index contributed by atoms with van der Waals surface area (Å²) in [5.41, 5.74) is 4.80. The second-order valence-corrected chi connectivity index (χ2v) is 8.49. The van der Waals surface area contributed by atoms with E-state index in [0.717, 1.165) is 27.5 Å². The lowest BCUT2D eigenvalue weighted by Gasteiger charge is -2.15. The van der Waals surface area contributed by atoms with Gasteiger partial charge in [0.05, 0.1) is 27.3 Å². The summed E-state index contributed by atoms with van der Waals surface area (Å²) in [6.45, 7) is 6.08. The SMILES string of the molecule is Cc1ccc(-n2c(SCc3csc(C)n3)nc3ccccc3c2=O)c(C)c1. The Morgan fingerprint density at radius 2 is 1.89 bits per heavy atom. The second kappa shape index (κ2) is 7.29. The molecule has 4 rings (SSSR count). The van der Waals surface area contributed by atoms with Crippen molar-refractivity contribution in [2.75, 3.05) is 0 Å². The van der Waals surface area contributed by atoms with Crippen molar-refractivity contribution in [3.8, 4) is 5.69 Å². The summed E-state index contributed by atoms with van der Waals surface area (Å²) in [6.07, 6.45) is 0. The summed E-state index contributed by atoms with van der Waals surface area (Å²) in [7, 11) is 0. The number of hydrogen-bond acceptors (Lipinski definition) is 5. The molecule has 0 N–H and O–H groups in total. The molecule has 6 heteroatoms. The Balaban J connectivity index is 1.88. The summed E-state index contributed by atoms with van der Waals surface area (Å²) < 4.78 is 1.74. The maximum Gasteiger partial charge on any atom is 0.266 e. The number of rotatable bonds is 4. The third kappa shape index (κ3) is 3.55. The molecule has 0 aliphatic carbocycles. The van der Waals surface area contributed by atoms with Crippen molar-refractivity contribution in [3.05, 3.63) is 80.0 Å². The Kier molecular flexibility index (Phi) is 4.85.